The van der Waals surface area contributed by atoms with Crippen LogP contribution in [0.15, 0.2) is 12.1 Å². The molecule has 0 N–H and O–H groups in total. The Balaban J connectivity index is 2.65. The maximum Gasteiger partial charge on any atom is 0.167 e. The Morgan fingerprint density at radius 1 is 1.37 bits per heavy atom. The number of halogens is 2. The molecule has 2 rings (SSSR count). The van der Waals surface area contributed by atoms with Crippen LogP contribution in [-0.2, 0) is 12.4 Å². The van der Waals surface area contributed by atoms with Crippen LogP contribution in [0.4, 0.5) is 4.39 Å². The maximum absolute atomic E-state index is 13.7. The SMILES string of the molecule is COc1cc2c(cc1F)nc(CCl)n2CC(C)(C)C. The molecule has 0 saturated carbocycles. The van der Waals surface area contributed by atoms with Gasteiger partial charge in [0.1, 0.15) is 5.82 Å². The van der Waals surface area contributed by atoms with E-state index >= 15 is 0 Å². The number of rotatable bonds is 3. The zero-order valence-corrected chi connectivity index (χ0v) is 12.4. The molecule has 0 aliphatic heterocycles. The first-order valence-electron chi connectivity index (χ1n) is 6.14. The summed E-state index contributed by atoms with van der Waals surface area (Å²) >= 11 is 5.94. The largest absolute Gasteiger partial charge is 0.494 e. The lowest BCUT2D eigenvalue weighted by Crippen LogP contribution is -2.17. The molecule has 5 heteroatoms. The van der Waals surface area contributed by atoms with Crippen molar-refractivity contribution in [3.63, 3.8) is 0 Å². The van der Waals surface area contributed by atoms with E-state index in [-0.39, 0.29) is 11.2 Å². The van der Waals surface area contributed by atoms with E-state index in [1.807, 2.05) is 4.57 Å². The molecule has 1 aromatic carbocycles. The van der Waals surface area contributed by atoms with Crippen molar-refractivity contribution in [2.24, 2.45) is 5.41 Å². The third-order valence-electron chi connectivity index (χ3n) is 2.85. The first kappa shape index (κ1) is 14.1. The summed E-state index contributed by atoms with van der Waals surface area (Å²) < 4.78 is 20.8. The highest BCUT2D eigenvalue weighted by molar-refractivity contribution is 6.16. The van der Waals surface area contributed by atoms with Gasteiger partial charge in [-0.25, -0.2) is 9.37 Å². The second-order valence-electron chi connectivity index (χ2n) is 5.78. The fourth-order valence-corrected chi connectivity index (χ4v) is 2.29. The average molecular weight is 285 g/mol. The van der Waals surface area contributed by atoms with Gasteiger partial charge < -0.3 is 9.30 Å². The van der Waals surface area contributed by atoms with Crippen molar-refractivity contribution in [2.45, 2.75) is 33.2 Å². The Morgan fingerprint density at radius 3 is 2.58 bits per heavy atom. The minimum absolute atomic E-state index is 0.0794. The van der Waals surface area contributed by atoms with Crippen LogP contribution in [0.1, 0.15) is 26.6 Å². The van der Waals surface area contributed by atoms with Gasteiger partial charge in [-0.1, -0.05) is 20.8 Å². The van der Waals surface area contributed by atoms with E-state index in [0.717, 1.165) is 17.9 Å². The molecule has 19 heavy (non-hydrogen) atoms. The van der Waals surface area contributed by atoms with Crippen LogP contribution < -0.4 is 4.74 Å². The smallest absolute Gasteiger partial charge is 0.167 e. The molecule has 0 amide bonds. The van der Waals surface area contributed by atoms with Crippen LogP contribution in [-0.4, -0.2) is 16.7 Å². The van der Waals surface area contributed by atoms with Crippen molar-refractivity contribution in [3.05, 3.63) is 23.8 Å². The van der Waals surface area contributed by atoms with E-state index in [0.29, 0.717) is 11.4 Å². The van der Waals surface area contributed by atoms with E-state index in [9.17, 15) is 4.39 Å². The molecule has 0 atom stereocenters. The summed E-state index contributed by atoms with van der Waals surface area (Å²) in [6.45, 7) is 7.17. The summed E-state index contributed by atoms with van der Waals surface area (Å²) in [5.41, 5.74) is 1.54. The van der Waals surface area contributed by atoms with E-state index < -0.39 is 5.82 Å². The van der Waals surface area contributed by atoms with Crippen molar-refractivity contribution in [1.29, 1.82) is 0 Å². The highest BCUT2D eigenvalue weighted by Gasteiger charge is 2.19. The number of hydrogen-bond acceptors (Lipinski definition) is 2. The Bertz CT molecular complexity index is 601. The second kappa shape index (κ2) is 5.00. The number of hydrogen-bond donors (Lipinski definition) is 0. The van der Waals surface area contributed by atoms with Gasteiger partial charge in [0.2, 0.25) is 0 Å². The van der Waals surface area contributed by atoms with E-state index in [1.165, 1.54) is 13.2 Å². The van der Waals surface area contributed by atoms with Crippen molar-refractivity contribution in [1.82, 2.24) is 9.55 Å². The third kappa shape index (κ3) is 2.84. The fourth-order valence-electron chi connectivity index (χ4n) is 2.09. The molecule has 0 radical (unpaired) electrons. The van der Waals surface area contributed by atoms with Crippen LogP contribution in [0.25, 0.3) is 11.0 Å². The predicted molar refractivity (Wildman–Crippen MR) is 75.3 cm³/mol. The molecule has 0 unspecified atom stereocenters. The number of benzene rings is 1. The van der Waals surface area contributed by atoms with E-state index in [2.05, 4.69) is 25.8 Å². The molecular formula is C14H18ClFN2O. The van der Waals surface area contributed by atoms with Crippen LogP contribution in [0.5, 0.6) is 5.75 Å². The summed E-state index contributed by atoms with van der Waals surface area (Å²) in [6.07, 6.45) is 0. The number of methoxy groups -OCH3 is 1. The molecule has 0 spiro atoms. The maximum atomic E-state index is 13.7. The number of alkyl halides is 1. The Kier molecular flexibility index (Phi) is 3.72. The normalized spacial score (nSPS) is 12.1. The number of aromatic nitrogens is 2. The van der Waals surface area contributed by atoms with Gasteiger partial charge in [0.05, 0.1) is 24.0 Å². The zero-order valence-electron chi connectivity index (χ0n) is 11.6. The first-order valence-corrected chi connectivity index (χ1v) is 6.68. The van der Waals surface area contributed by atoms with Crippen molar-refractivity contribution < 1.29 is 9.13 Å². The minimum Gasteiger partial charge on any atom is -0.494 e. The minimum atomic E-state index is -0.406. The van der Waals surface area contributed by atoms with Crippen LogP contribution in [0.2, 0.25) is 0 Å². The standard InChI is InChI=1S/C14H18ClFN2O/c1-14(2,3)8-18-11-6-12(19-4)9(16)5-10(11)17-13(18)7-15/h5-6H,7-8H2,1-4H3. The molecule has 1 heterocycles. The summed E-state index contributed by atoms with van der Waals surface area (Å²) in [7, 11) is 1.46. The predicted octanol–water partition coefficient (Wildman–Crippen LogP) is 3.97. The topological polar surface area (TPSA) is 27.1 Å². The van der Waals surface area contributed by atoms with Gasteiger partial charge in [-0.3, -0.25) is 0 Å². The second-order valence-corrected chi connectivity index (χ2v) is 6.05. The van der Waals surface area contributed by atoms with Gasteiger partial charge in [-0.2, -0.15) is 0 Å². The van der Waals surface area contributed by atoms with Crippen LogP contribution in [0, 0.1) is 11.2 Å². The van der Waals surface area contributed by atoms with E-state index in [1.54, 1.807) is 6.07 Å². The summed E-state index contributed by atoms with van der Waals surface area (Å²) in [6, 6.07) is 3.07. The molecule has 0 saturated heterocycles. The number of nitrogens with zero attached hydrogens (tertiary/aromatic N) is 2. The van der Waals surface area contributed by atoms with Gasteiger partial charge in [-0.05, 0) is 5.41 Å². The quantitative estimate of drug-likeness (QED) is 0.798. The summed E-state index contributed by atoms with van der Waals surface area (Å²) in [5.74, 6) is 0.869. The van der Waals surface area contributed by atoms with Crippen LogP contribution >= 0.6 is 11.6 Å². The molecular weight excluding hydrogens is 267 g/mol. The lowest BCUT2D eigenvalue weighted by molar-refractivity contribution is 0.344. The first-order chi connectivity index (χ1) is 8.85. The fraction of sp³-hybridized carbons (Fsp3) is 0.500. The molecule has 2 aromatic rings. The van der Waals surface area contributed by atoms with Crippen molar-refractivity contribution in [2.75, 3.05) is 7.11 Å². The number of ether oxygens (including phenoxy) is 1. The zero-order chi connectivity index (χ0) is 14.2. The Labute approximate surface area is 117 Å². The number of imidazole rings is 1. The van der Waals surface area contributed by atoms with Crippen LogP contribution in [0.3, 0.4) is 0 Å². The van der Waals surface area contributed by atoms with E-state index in [4.69, 9.17) is 16.3 Å². The summed E-state index contributed by atoms with van der Waals surface area (Å²) in [5, 5.41) is 0. The lowest BCUT2D eigenvalue weighted by Gasteiger charge is -2.21. The highest BCUT2D eigenvalue weighted by atomic mass is 35.5. The number of fused-ring (bicyclic) bond motifs is 1. The molecule has 3 nitrogen and oxygen atoms in total. The monoisotopic (exact) mass is 284 g/mol. The third-order valence-corrected chi connectivity index (χ3v) is 3.09. The molecule has 1 aromatic heterocycles. The van der Waals surface area contributed by atoms with Gasteiger partial charge in [-0.15, -0.1) is 11.6 Å². The molecule has 0 fully saturated rings. The molecule has 0 aliphatic carbocycles. The molecule has 104 valence electrons. The average Bonchev–Trinajstić information content (AvgIpc) is 2.63. The lowest BCUT2D eigenvalue weighted by atomic mass is 9.97. The van der Waals surface area contributed by atoms with Crippen molar-refractivity contribution in [3.8, 4) is 5.75 Å². The Hall–Kier alpha value is -1.29. The van der Waals surface area contributed by atoms with Gasteiger partial charge in [0, 0.05) is 18.7 Å². The van der Waals surface area contributed by atoms with Gasteiger partial charge in [0.15, 0.2) is 11.6 Å². The summed E-state index contributed by atoms with van der Waals surface area (Å²) in [4.78, 5) is 4.39. The van der Waals surface area contributed by atoms with Gasteiger partial charge >= 0.3 is 0 Å². The van der Waals surface area contributed by atoms with Gasteiger partial charge in [0.25, 0.3) is 0 Å². The highest BCUT2D eigenvalue weighted by Crippen LogP contribution is 2.28. The van der Waals surface area contributed by atoms with Crippen molar-refractivity contribution >= 4 is 22.6 Å². The molecule has 0 aliphatic rings. The molecule has 0 bridgehead atoms. The Morgan fingerprint density at radius 2 is 2.05 bits per heavy atom.